The van der Waals surface area contributed by atoms with Gasteiger partial charge in [-0.1, -0.05) is 12.1 Å². The average Bonchev–Trinajstić information content (AvgIpc) is 2.04. The minimum atomic E-state index is -1.66. The van der Waals surface area contributed by atoms with E-state index in [-0.39, 0.29) is 0 Å². The maximum absolute atomic E-state index is 12.7. The molecular formula is C10H12FO2. The molecule has 71 valence electrons. The van der Waals surface area contributed by atoms with E-state index in [1.165, 1.54) is 18.2 Å². The third-order valence-electron chi connectivity index (χ3n) is 1.66. The van der Waals surface area contributed by atoms with Crippen LogP contribution in [-0.4, -0.2) is 11.7 Å². The quantitative estimate of drug-likeness (QED) is 0.724. The van der Waals surface area contributed by atoms with Gasteiger partial charge >= 0.3 is 0 Å². The molecule has 1 aromatic carbocycles. The molecule has 2 nitrogen and oxygen atoms in total. The molecule has 0 heterocycles. The predicted molar refractivity (Wildman–Crippen MR) is 47.3 cm³/mol. The molecule has 0 aromatic heterocycles. The molecule has 0 saturated heterocycles. The minimum Gasteiger partial charge on any atom is -0.362 e. The molecule has 0 fully saturated rings. The van der Waals surface area contributed by atoms with Gasteiger partial charge in [0.05, 0.1) is 0 Å². The maximum Gasteiger partial charge on any atom is 0.192 e. The van der Waals surface area contributed by atoms with Crippen molar-refractivity contribution in [1.82, 2.24) is 0 Å². The van der Waals surface area contributed by atoms with Crippen molar-refractivity contribution in [1.29, 1.82) is 0 Å². The second-order valence-corrected chi connectivity index (χ2v) is 2.73. The predicted octanol–water partition coefficient (Wildman–Crippen LogP) is 1.84. The Morgan fingerprint density at radius 1 is 1.62 bits per heavy atom. The lowest BCUT2D eigenvalue weighted by Gasteiger charge is -2.23. The minimum absolute atomic E-state index is 0.314. The van der Waals surface area contributed by atoms with E-state index >= 15 is 0 Å². The maximum atomic E-state index is 12.7. The largest absolute Gasteiger partial charge is 0.362 e. The van der Waals surface area contributed by atoms with E-state index in [0.29, 0.717) is 12.2 Å². The zero-order chi connectivity index (χ0) is 9.90. The van der Waals surface area contributed by atoms with E-state index < -0.39 is 11.6 Å². The molecule has 0 aliphatic heterocycles. The summed E-state index contributed by atoms with van der Waals surface area (Å²) >= 11 is 0. The first kappa shape index (κ1) is 10.2. The Balaban J connectivity index is 2.93. The van der Waals surface area contributed by atoms with E-state index in [1.807, 2.05) is 0 Å². The van der Waals surface area contributed by atoms with Gasteiger partial charge in [-0.2, -0.15) is 0 Å². The molecule has 1 radical (unpaired) electrons. The zero-order valence-corrected chi connectivity index (χ0v) is 7.46. The van der Waals surface area contributed by atoms with Gasteiger partial charge in [0.1, 0.15) is 5.82 Å². The van der Waals surface area contributed by atoms with Crippen molar-refractivity contribution >= 4 is 0 Å². The summed E-state index contributed by atoms with van der Waals surface area (Å²) in [4.78, 5) is 0. The highest BCUT2D eigenvalue weighted by Gasteiger charge is 2.23. The number of aliphatic hydroxyl groups is 1. The van der Waals surface area contributed by atoms with Crippen molar-refractivity contribution in [2.45, 2.75) is 12.7 Å². The van der Waals surface area contributed by atoms with Gasteiger partial charge in [0.25, 0.3) is 0 Å². The van der Waals surface area contributed by atoms with Crippen LogP contribution in [0.4, 0.5) is 4.39 Å². The van der Waals surface area contributed by atoms with Crippen LogP contribution < -0.4 is 0 Å². The van der Waals surface area contributed by atoms with Gasteiger partial charge < -0.3 is 9.84 Å². The molecule has 0 saturated carbocycles. The van der Waals surface area contributed by atoms with E-state index in [0.717, 1.165) is 0 Å². The summed E-state index contributed by atoms with van der Waals surface area (Å²) in [7, 11) is 0. The lowest BCUT2D eigenvalue weighted by Crippen LogP contribution is -2.25. The second kappa shape index (κ2) is 3.85. The molecule has 1 N–H and O–H groups in total. The Morgan fingerprint density at radius 3 is 2.85 bits per heavy atom. The number of rotatable bonds is 3. The Bertz CT molecular complexity index is 284. The molecule has 1 aromatic rings. The zero-order valence-electron chi connectivity index (χ0n) is 7.46. The monoisotopic (exact) mass is 183 g/mol. The van der Waals surface area contributed by atoms with Crippen LogP contribution in [0.15, 0.2) is 24.3 Å². The summed E-state index contributed by atoms with van der Waals surface area (Å²) in [5.41, 5.74) is 0.314. The van der Waals surface area contributed by atoms with Crippen LogP contribution in [0.2, 0.25) is 0 Å². The summed E-state index contributed by atoms with van der Waals surface area (Å²) in [5, 5.41) is 9.61. The van der Waals surface area contributed by atoms with Gasteiger partial charge in [-0.3, -0.25) is 0 Å². The topological polar surface area (TPSA) is 29.5 Å². The Morgan fingerprint density at radius 2 is 2.31 bits per heavy atom. The molecule has 3 heteroatoms. The molecule has 13 heavy (non-hydrogen) atoms. The van der Waals surface area contributed by atoms with Crippen LogP contribution in [0.5, 0.6) is 0 Å². The highest BCUT2D eigenvalue weighted by molar-refractivity contribution is 5.21. The molecule has 0 bridgehead atoms. The number of benzene rings is 1. The molecule has 1 rings (SSSR count). The highest BCUT2D eigenvalue weighted by atomic mass is 19.1. The normalized spacial score (nSPS) is 15.4. The van der Waals surface area contributed by atoms with Crippen molar-refractivity contribution in [2.24, 2.45) is 0 Å². The summed E-state index contributed by atoms with van der Waals surface area (Å²) in [6.07, 6.45) is 0. The van der Waals surface area contributed by atoms with Gasteiger partial charge in [0.2, 0.25) is 0 Å². The van der Waals surface area contributed by atoms with Crippen LogP contribution in [-0.2, 0) is 10.5 Å². The smallest absolute Gasteiger partial charge is 0.192 e. The molecule has 0 aliphatic carbocycles. The summed E-state index contributed by atoms with van der Waals surface area (Å²) < 4.78 is 17.7. The lowest BCUT2D eigenvalue weighted by molar-refractivity contribution is -0.174. The van der Waals surface area contributed by atoms with Crippen LogP contribution in [0, 0.1) is 12.7 Å². The molecule has 0 spiro atoms. The lowest BCUT2D eigenvalue weighted by atomic mass is 10.1. The van der Waals surface area contributed by atoms with Crippen LogP contribution in [0.3, 0.4) is 0 Å². The summed E-state index contributed by atoms with van der Waals surface area (Å²) in [5.74, 6) is -2.07. The standard InChI is InChI=1S/C10H12FO2/c1-3-13-10(2,12)8-5-4-6-9(11)7-8/h4-7,12H,2-3H2,1H3. The first-order valence-corrected chi connectivity index (χ1v) is 4.04. The molecule has 1 atom stereocenters. The molecule has 1 unspecified atom stereocenters. The van der Waals surface area contributed by atoms with Crippen molar-refractivity contribution in [3.05, 3.63) is 42.6 Å². The van der Waals surface area contributed by atoms with Crippen LogP contribution >= 0.6 is 0 Å². The van der Waals surface area contributed by atoms with Crippen molar-refractivity contribution in [3.8, 4) is 0 Å². The number of halogens is 1. The third-order valence-corrected chi connectivity index (χ3v) is 1.66. The van der Waals surface area contributed by atoms with Crippen molar-refractivity contribution < 1.29 is 14.2 Å². The molecule has 0 aliphatic rings. The van der Waals surface area contributed by atoms with Gasteiger partial charge in [0, 0.05) is 19.1 Å². The fourth-order valence-corrected chi connectivity index (χ4v) is 1.05. The van der Waals surface area contributed by atoms with Crippen LogP contribution in [0.25, 0.3) is 0 Å². The van der Waals surface area contributed by atoms with Gasteiger partial charge in [0.15, 0.2) is 5.79 Å². The average molecular weight is 183 g/mol. The van der Waals surface area contributed by atoms with Crippen molar-refractivity contribution in [3.63, 3.8) is 0 Å². The molecule has 0 amide bonds. The van der Waals surface area contributed by atoms with Crippen LogP contribution in [0.1, 0.15) is 12.5 Å². The van der Waals surface area contributed by atoms with E-state index in [2.05, 4.69) is 6.92 Å². The molecular weight excluding hydrogens is 171 g/mol. The third kappa shape index (κ3) is 2.50. The van der Waals surface area contributed by atoms with Gasteiger partial charge in [-0.05, 0) is 19.1 Å². The SMILES string of the molecule is [CH2]C(O)(OCC)c1cccc(F)c1. The van der Waals surface area contributed by atoms with E-state index in [9.17, 15) is 9.50 Å². The Labute approximate surface area is 77.0 Å². The van der Waals surface area contributed by atoms with E-state index in [4.69, 9.17) is 4.74 Å². The van der Waals surface area contributed by atoms with Gasteiger partial charge in [-0.25, -0.2) is 4.39 Å². The van der Waals surface area contributed by atoms with Gasteiger partial charge in [-0.15, -0.1) is 0 Å². The number of hydrogen-bond acceptors (Lipinski definition) is 2. The highest BCUT2D eigenvalue weighted by Crippen LogP contribution is 2.21. The first-order valence-electron chi connectivity index (χ1n) is 4.04. The number of hydrogen-bond donors (Lipinski definition) is 1. The second-order valence-electron chi connectivity index (χ2n) is 2.73. The fraction of sp³-hybridized carbons (Fsp3) is 0.300. The number of ether oxygens (including phenoxy) is 1. The fourth-order valence-electron chi connectivity index (χ4n) is 1.05. The first-order chi connectivity index (χ1) is 6.06. The summed E-state index contributed by atoms with van der Waals surface area (Å²) in [6.45, 7) is 5.49. The Kier molecular flexibility index (Phi) is 3.01. The Hall–Kier alpha value is -0.930. The van der Waals surface area contributed by atoms with E-state index in [1.54, 1.807) is 13.0 Å². The van der Waals surface area contributed by atoms with Crippen molar-refractivity contribution in [2.75, 3.05) is 6.61 Å². The summed E-state index contributed by atoms with van der Waals surface area (Å²) in [6, 6.07) is 5.56.